The number of phenols is 1. The summed E-state index contributed by atoms with van der Waals surface area (Å²) in [6, 6.07) is 12.7. The van der Waals surface area contributed by atoms with E-state index in [1.165, 1.54) is 0 Å². The largest absolute Gasteiger partial charge is 0.508 e. The first kappa shape index (κ1) is 29.2. The van der Waals surface area contributed by atoms with Gasteiger partial charge in [0.25, 0.3) is 0 Å². The summed E-state index contributed by atoms with van der Waals surface area (Å²) in [6.07, 6.45) is 5.98. The third kappa shape index (κ3) is 6.55. The number of phenolic OH excluding ortho intramolecular Hbond substituents is 1. The number of nitrogens with zero attached hydrogens (tertiary/aromatic N) is 6. The number of carbonyl (C=O) groups excluding carboxylic acids is 1. The first-order valence-electron chi connectivity index (χ1n) is 15.4. The molecule has 2 fully saturated rings. The Bertz CT molecular complexity index is 1450. The SMILES string of the molecule is C[C@@H]1CN(c2nc(OCCCN3CCOCC3)nc3c2CCN(c2cc(O)cc4ccccc24)C3)C[C@H](C)N1C=CC=O. The molecule has 6 rings (SSSR count). The van der Waals surface area contributed by atoms with Crippen LogP contribution in [0.3, 0.4) is 0 Å². The van der Waals surface area contributed by atoms with Gasteiger partial charge in [-0.25, -0.2) is 0 Å². The molecular formula is C33H42N6O4. The average molecular weight is 587 g/mol. The van der Waals surface area contributed by atoms with Crippen LogP contribution in [0.25, 0.3) is 10.8 Å². The highest BCUT2D eigenvalue weighted by molar-refractivity contribution is 5.95. The van der Waals surface area contributed by atoms with Crippen molar-refractivity contribution in [3.05, 3.63) is 59.9 Å². The van der Waals surface area contributed by atoms with Crippen LogP contribution >= 0.6 is 0 Å². The number of anilines is 2. The van der Waals surface area contributed by atoms with E-state index in [-0.39, 0.29) is 17.8 Å². The Balaban J connectivity index is 1.27. The first-order valence-corrected chi connectivity index (χ1v) is 15.4. The highest BCUT2D eigenvalue weighted by atomic mass is 16.5. The summed E-state index contributed by atoms with van der Waals surface area (Å²) in [4.78, 5) is 30.3. The Labute approximate surface area is 253 Å². The molecule has 43 heavy (non-hydrogen) atoms. The number of fused-ring (bicyclic) bond motifs is 2. The molecule has 4 heterocycles. The minimum atomic E-state index is 0.210. The normalized spacial score (nSPS) is 21.4. The van der Waals surface area contributed by atoms with E-state index in [1.807, 2.05) is 36.5 Å². The molecule has 228 valence electrons. The number of benzene rings is 2. The molecule has 1 aromatic heterocycles. The second-order valence-corrected chi connectivity index (χ2v) is 11.8. The molecule has 2 aromatic carbocycles. The molecule has 0 saturated carbocycles. The highest BCUT2D eigenvalue weighted by Crippen LogP contribution is 2.37. The molecule has 0 amide bonds. The van der Waals surface area contributed by atoms with Crippen LogP contribution in [0.15, 0.2) is 48.7 Å². The lowest BCUT2D eigenvalue weighted by Crippen LogP contribution is -2.55. The smallest absolute Gasteiger partial charge is 0.318 e. The van der Waals surface area contributed by atoms with Crippen LogP contribution in [-0.4, -0.2) is 102 Å². The summed E-state index contributed by atoms with van der Waals surface area (Å²) in [7, 11) is 0. The predicted octanol–water partition coefficient (Wildman–Crippen LogP) is 3.61. The summed E-state index contributed by atoms with van der Waals surface area (Å²) in [5, 5.41) is 12.6. The topological polar surface area (TPSA) is 94.5 Å². The molecule has 1 N–H and O–H groups in total. The fourth-order valence-electron chi connectivity index (χ4n) is 6.67. The summed E-state index contributed by atoms with van der Waals surface area (Å²) in [6.45, 7) is 12.4. The summed E-state index contributed by atoms with van der Waals surface area (Å²) < 4.78 is 11.7. The number of allylic oxidation sites excluding steroid dienone is 1. The molecule has 2 atom stereocenters. The number of morpholine rings is 1. The van der Waals surface area contributed by atoms with E-state index in [0.29, 0.717) is 19.2 Å². The third-order valence-corrected chi connectivity index (χ3v) is 8.77. The van der Waals surface area contributed by atoms with E-state index in [9.17, 15) is 9.90 Å². The van der Waals surface area contributed by atoms with Crippen molar-refractivity contribution in [1.29, 1.82) is 0 Å². The number of aromatic nitrogens is 2. The zero-order valence-electron chi connectivity index (χ0n) is 25.2. The zero-order valence-corrected chi connectivity index (χ0v) is 25.2. The summed E-state index contributed by atoms with van der Waals surface area (Å²) >= 11 is 0. The van der Waals surface area contributed by atoms with Gasteiger partial charge in [0.15, 0.2) is 0 Å². The molecule has 3 aromatic rings. The van der Waals surface area contributed by atoms with Gasteiger partial charge in [-0.15, -0.1) is 0 Å². The van der Waals surface area contributed by atoms with Gasteiger partial charge in [-0.2, -0.15) is 9.97 Å². The van der Waals surface area contributed by atoms with Crippen LogP contribution in [0.5, 0.6) is 11.8 Å². The summed E-state index contributed by atoms with van der Waals surface area (Å²) in [5.74, 6) is 1.21. The Hall–Kier alpha value is -3.89. The maximum atomic E-state index is 11.0. The van der Waals surface area contributed by atoms with Gasteiger partial charge in [0.1, 0.15) is 17.9 Å². The minimum absolute atomic E-state index is 0.210. The van der Waals surface area contributed by atoms with Gasteiger partial charge >= 0.3 is 6.01 Å². The minimum Gasteiger partial charge on any atom is -0.508 e. The Kier molecular flexibility index (Phi) is 8.95. The van der Waals surface area contributed by atoms with Gasteiger partial charge in [0.05, 0.1) is 32.1 Å². The Morgan fingerprint density at radius 3 is 2.63 bits per heavy atom. The second kappa shape index (κ2) is 13.2. The quantitative estimate of drug-likeness (QED) is 0.228. The van der Waals surface area contributed by atoms with E-state index < -0.39 is 0 Å². The van der Waals surface area contributed by atoms with E-state index in [2.05, 4.69) is 39.5 Å². The van der Waals surface area contributed by atoms with Crippen molar-refractivity contribution in [1.82, 2.24) is 19.8 Å². The molecule has 10 nitrogen and oxygen atoms in total. The number of carbonyl (C=O) groups is 1. The van der Waals surface area contributed by atoms with Crippen molar-refractivity contribution in [3.8, 4) is 11.8 Å². The molecule has 10 heteroatoms. The van der Waals surface area contributed by atoms with Crippen LogP contribution < -0.4 is 14.5 Å². The summed E-state index contributed by atoms with van der Waals surface area (Å²) in [5.41, 5.74) is 3.14. The van der Waals surface area contributed by atoms with Crippen molar-refractivity contribution in [2.45, 2.75) is 45.3 Å². The number of ether oxygens (including phenoxy) is 2. The zero-order chi connectivity index (χ0) is 29.8. The van der Waals surface area contributed by atoms with E-state index >= 15 is 0 Å². The number of hydrogen-bond donors (Lipinski definition) is 1. The average Bonchev–Trinajstić information content (AvgIpc) is 3.02. The number of piperazine rings is 1. The molecular weight excluding hydrogens is 544 g/mol. The standard InChI is InChI=1S/C33H42N6O4/c1-24-21-38(22-25(2)39(24)11-5-15-40)32-29-9-12-37(31-20-27(41)19-26-7-3-4-8-28(26)31)23-30(29)34-33(35-32)43-16-6-10-36-13-17-42-18-14-36/h3-5,7-8,11,15,19-20,24-25,41H,6,9-10,12-14,16-18,21-23H2,1-2H3/t24-,25+. The lowest BCUT2D eigenvalue weighted by Gasteiger charge is -2.45. The van der Waals surface area contributed by atoms with Gasteiger partial charge < -0.3 is 29.3 Å². The number of hydrogen-bond acceptors (Lipinski definition) is 10. The molecule has 0 unspecified atom stereocenters. The van der Waals surface area contributed by atoms with E-state index in [4.69, 9.17) is 19.4 Å². The Morgan fingerprint density at radius 2 is 1.84 bits per heavy atom. The second-order valence-electron chi connectivity index (χ2n) is 11.8. The maximum Gasteiger partial charge on any atom is 0.318 e. The van der Waals surface area contributed by atoms with Gasteiger partial charge in [0, 0.05) is 80.3 Å². The van der Waals surface area contributed by atoms with Crippen LogP contribution in [0.1, 0.15) is 31.5 Å². The molecule has 0 aliphatic carbocycles. The van der Waals surface area contributed by atoms with Crippen molar-refractivity contribution < 1.29 is 19.4 Å². The molecule has 3 aliphatic rings. The van der Waals surface area contributed by atoms with Crippen molar-refractivity contribution in [2.24, 2.45) is 0 Å². The van der Waals surface area contributed by atoms with Crippen molar-refractivity contribution >= 4 is 28.6 Å². The van der Waals surface area contributed by atoms with Gasteiger partial charge in [-0.3, -0.25) is 9.69 Å². The number of aromatic hydroxyl groups is 1. The lowest BCUT2D eigenvalue weighted by atomic mass is 10.0. The molecule has 2 saturated heterocycles. The highest BCUT2D eigenvalue weighted by Gasteiger charge is 2.32. The van der Waals surface area contributed by atoms with Gasteiger partial charge in [-0.1, -0.05) is 24.3 Å². The molecule has 0 spiro atoms. The Morgan fingerprint density at radius 1 is 1.05 bits per heavy atom. The van der Waals surface area contributed by atoms with E-state index in [1.54, 1.807) is 6.08 Å². The monoisotopic (exact) mass is 586 g/mol. The molecule has 0 radical (unpaired) electrons. The fraction of sp³-hybridized carbons (Fsp3) is 0.485. The molecule has 0 bridgehead atoms. The van der Waals surface area contributed by atoms with Gasteiger partial charge in [0.2, 0.25) is 0 Å². The maximum absolute atomic E-state index is 11.0. The van der Waals surface area contributed by atoms with Gasteiger partial charge in [-0.05, 0) is 44.2 Å². The number of rotatable bonds is 9. The third-order valence-electron chi connectivity index (χ3n) is 8.77. The van der Waals surface area contributed by atoms with E-state index in [0.717, 1.165) is 105 Å². The van der Waals surface area contributed by atoms with Crippen LogP contribution in [0, 0.1) is 0 Å². The predicted molar refractivity (Wildman–Crippen MR) is 168 cm³/mol. The lowest BCUT2D eigenvalue weighted by molar-refractivity contribution is -0.104. The molecule has 3 aliphatic heterocycles. The van der Waals surface area contributed by atoms with Crippen LogP contribution in [0.4, 0.5) is 11.5 Å². The van der Waals surface area contributed by atoms with Crippen LogP contribution in [0.2, 0.25) is 0 Å². The van der Waals surface area contributed by atoms with Crippen molar-refractivity contribution in [3.63, 3.8) is 0 Å². The fourth-order valence-corrected chi connectivity index (χ4v) is 6.67. The number of aldehydes is 1. The van der Waals surface area contributed by atoms with Crippen LogP contribution in [-0.2, 0) is 22.5 Å². The van der Waals surface area contributed by atoms with Crippen molar-refractivity contribution in [2.75, 3.05) is 68.9 Å². The first-order chi connectivity index (χ1) is 21.0.